The Balaban J connectivity index is 1.70. The first-order valence-corrected chi connectivity index (χ1v) is 8.87. The third-order valence-corrected chi connectivity index (χ3v) is 4.87. The normalized spacial score (nSPS) is 13.8. The molecule has 5 nitrogen and oxygen atoms in total. The minimum absolute atomic E-state index is 0.261. The summed E-state index contributed by atoms with van der Waals surface area (Å²) in [6.07, 6.45) is 2.61. The monoisotopic (exact) mass is 384 g/mol. The summed E-state index contributed by atoms with van der Waals surface area (Å²) in [5.41, 5.74) is 4.90. The maximum atomic E-state index is 12.6. The Labute approximate surface area is 158 Å². The number of alkyl halides is 3. The highest BCUT2D eigenvalue weighted by Gasteiger charge is 2.31. The molecule has 142 valence electrons. The molecule has 0 radical (unpaired) electrons. The van der Waals surface area contributed by atoms with Crippen LogP contribution in [0.5, 0.6) is 5.75 Å². The van der Waals surface area contributed by atoms with Crippen LogP contribution in [0.25, 0.3) is 28.0 Å². The van der Waals surface area contributed by atoms with E-state index in [1.807, 2.05) is 33.6 Å². The third-order valence-electron chi connectivity index (χ3n) is 4.87. The summed E-state index contributed by atoms with van der Waals surface area (Å²) in [7, 11) is 0. The number of fused-ring (bicyclic) bond motifs is 2. The summed E-state index contributed by atoms with van der Waals surface area (Å²) >= 11 is 0. The van der Waals surface area contributed by atoms with E-state index < -0.39 is 6.36 Å². The number of aryl methyl sites for hydroxylation is 1. The SMILES string of the molecule is FC(F)(F)Oc1cccc(-c2nn3c(c2-c2cccn4ccnc24)CCC3)c1. The van der Waals surface area contributed by atoms with E-state index in [2.05, 4.69) is 9.72 Å². The molecule has 0 bridgehead atoms. The Hall–Kier alpha value is -3.29. The molecule has 4 aromatic rings. The summed E-state index contributed by atoms with van der Waals surface area (Å²) in [5.74, 6) is -0.261. The number of imidazole rings is 1. The molecule has 0 saturated carbocycles. The first kappa shape index (κ1) is 16.9. The molecule has 28 heavy (non-hydrogen) atoms. The lowest BCUT2D eigenvalue weighted by Gasteiger charge is -2.11. The second kappa shape index (κ2) is 6.12. The number of halogens is 3. The minimum atomic E-state index is -4.74. The molecule has 1 aromatic carbocycles. The zero-order chi connectivity index (χ0) is 19.3. The average Bonchev–Trinajstić information content (AvgIpc) is 3.35. The van der Waals surface area contributed by atoms with Crippen LogP contribution in [0.2, 0.25) is 0 Å². The van der Waals surface area contributed by atoms with Crippen LogP contribution in [0, 0.1) is 0 Å². The summed E-state index contributed by atoms with van der Waals surface area (Å²) in [6, 6.07) is 9.85. The van der Waals surface area contributed by atoms with Crippen molar-refractivity contribution in [3.05, 3.63) is 60.7 Å². The molecule has 8 heteroatoms. The molecule has 0 saturated heterocycles. The summed E-state index contributed by atoms with van der Waals surface area (Å²) in [5, 5.41) is 4.71. The van der Waals surface area contributed by atoms with Crippen molar-refractivity contribution in [1.29, 1.82) is 0 Å². The van der Waals surface area contributed by atoms with Gasteiger partial charge in [0, 0.05) is 47.5 Å². The number of nitrogens with zero attached hydrogens (tertiary/aromatic N) is 4. The maximum Gasteiger partial charge on any atom is 0.573 e. The quantitative estimate of drug-likeness (QED) is 0.514. The number of rotatable bonds is 3. The molecule has 5 rings (SSSR count). The fraction of sp³-hybridized carbons (Fsp3) is 0.200. The lowest BCUT2D eigenvalue weighted by Crippen LogP contribution is -2.17. The van der Waals surface area contributed by atoms with E-state index in [0.29, 0.717) is 11.3 Å². The molecule has 4 heterocycles. The molecular weight excluding hydrogens is 369 g/mol. The van der Waals surface area contributed by atoms with Gasteiger partial charge in [-0.15, -0.1) is 13.2 Å². The number of benzene rings is 1. The zero-order valence-corrected chi connectivity index (χ0v) is 14.6. The van der Waals surface area contributed by atoms with E-state index in [1.54, 1.807) is 18.3 Å². The van der Waals surface area contributed by atoms with Gasteiger partial charge in [0.15, 0.2) is 0 Å². The fourth-order valence-electron chi connectivity index (χ4n) is 3.80. The smallest absolute Gasteiger partial charge is 0.406 e. The van der Waals surface area contributed by atoms with Gasteiger partial charge in [0.05, 0.1) is 0 Å². The van der Waals surface area contributed by atoms with E-state index in [1.165, 1.54) is 12.1 Å². The number of hydrogen-bond acceptors (Lipinski definition) is 3. The molecule has 0 fully saturated rings. The summed E-state index contributed by atoms with van der Waals surface area (Å²) < 4.78 is 45.9. The Morgan fingerprint density at radius 1 is 1.07 bits per heavy atom. The van der Waals surface area contributed by atoms with Crippen molar-refractivity contribution in [3.63, 3.8) is 0 Å². The van der Waals surface area contributed by atoms with Crippen molar-refractivity contribution in [1.82, 2.24) is 19.2 Å². The molecule has 3 aromatic heterocycles. The van der Waals surface area contributed by atoms with Crippen LogP contribution in [-0.4, -0.2) is 25.5 Å². The number of pyridine rings is 1. The van der Waals surface area contributed by atoms with Crippen LogP contribution in [0.3, 0.4) is 0 Å². The first-order chi connectivity index (χ1) is 13.5. The van der Waals surface area contributed by atoms with E-state index in [0.717, 1.165) is 41.9 Å². The van der Waals surface area contributed by atoms with Crippen molar-refractivity contribution >= 4 is 5.65 Å². The van der Waals surface area contributed by atoms with Gasteiger partial charge in [0.1, 0.15) is 17.1 Å². The third kappa shape index (κ3) is 2.81. The predicted octanol–water partition coefficient (Wildman–Crippen LogP) is 4.71. The topological polar surface area (TPSA) is 44.4 Å². The van der Waals surface area contributed by atoms with Gasteiger partial charge in [-0.3, -0.25) is 4.68 Å². The van der Waals surface area contributed by atoms with Gasteiger partial charge in [0.25, 0.3) is 0 Å². The van der Waals surface area contributed by atoms with Crippen LogP contribution in [0.4, 0.5) is 13.2 Å². The number of ether oxygens (including phenoxy) is 1. The Morgan fingerprint density at radius 3 is 2.82 bits per heavy atom. The van der Waals surface area contributed by atoms with Crippen LogP contribution >= 0.6 is 0 Å². The van der Waals surface area contributed by atoms with Gasteiger partial charge in [0.2, 0.25) is 0 Å². The number of aromatic nitrogens is 4. The highest BCUT2D eigenvalue weighted by Crippen LogP contribution is 2.40. The van der Waals surface area contributed by atoms with Crippen molar-refractivity contribution in [3.8, 4) is 28.1 Å². The molecule has 0 aliphatic carbocycles. The molecule has 0 unspecified atom stereocenters. The van der Waals surface area contributed by atoms with E-state index in [-0.39, 0.29) is 5.75 Å². The van der Waals surface area contributed by atoms with Gasteiger partial charge < -0.3 is 9.14 Å². The minimum Gasteiger partial charge on any atom is -0.406 e. The van der Waals surface area contributed by atoms with Gasteiger partial charge in [-0.2, -0.15) is 5.10 Å². The van der Waals surface area contributed by atoms with Gasteiger partial charge in [-0.1, -0.05) is 12.1 Å². The lowest BCUT2D eigenvalue weighted by molar-refractivity contribution is -0.274. The van der Waals surface area contributed by atoms with Crippen molar-refractivity contribution in [2.45, 2.75) is 25.7 Å². The van der Waals surface area contributed by atoms with Crippen LogP contribution in [0.15, 0.2) is 55.0 Å². The standard InChI is InChI=1S/C20H15F3N4O/c21-20(22,23)28-14-5-1-4-13(12-14)18-17(16-7-3-10-27(16)25-18)15-6-2-9-26-11-8-24-19(15)26/h1-2,4-6,8-9,11-12H,3,7,10H2. The van der Waals surface area contributed by atoms with E-state index in [4.69, 9.17) is 5.10 Å². The highest BCUT2D eigenvalue weighted by molar-refractivity contribution is 5.89. The van der Waals surface area contributed by atoms with Crippen molar-refractivity contribution < 1.29 is 17.9 Å². The maximum absolute atomic E-state index is 12.6. The van der Waals surface area contributed by atoms with E-state index in [9.17, 15) is 13.2 Å². The van der Waals surface area contributed by atoms with Crippen molar-refractivity contribution in [2.75, 3.05) is 0 Å². The van der Waals surface area contributed by atoms with Crippen molar-refractivity contribution in [2.24, 2.45) is 0 Å². The zero-order valence-electron chi connectivity index (χ0n) is 14.6. The second-order valence-corrected chi connectivity index (χ2v) is 6.65. The summed E-state index contributed by atoms with van der Waals surface area (Å²) in [6.45, 7) is 0.790. The number of hydrogen-bond donors (Lipinski definition) is 0. The second-order valence-electron chi connectivity index (χ2n) is 6.65. The summed E-state index contributed by atoms with van der Waals surface area (Å²) in [4.78, 5) is 4.45. The van der Waals surface area contributed by atoms with E-state index >= 15 is 0 Å². The van der Waals surface area contributed by atoms with Crippen LogP contribution < -0.4 is 4.74 Å². The first-order valence-electron chi connectivity index (χ1n) is 8.87. The molecule has 0 spiro atoms. The van der Waals surface area contributed by atoms with Gasteiger partial charge >= 0.3 is 6.36 Å². The lowest BCUT2D eigenvalue weighted by atomic mass is 9.98. The predicted molar refractivity (Wildman–Crippen MR) is 96.9 cm³/mol. The average molecular weight is 384 g/mol. The molecule has 0 atom stereocenters. The molecule has 1 aliphatic rings. The van der Waals surface area contributed by atoms with Crippen LogP contribution in [0.1, 0.15) is 12.1 Å². The molecule has 0 amide bonds. The van der Waals surface area contributed by atoms with Gasteiger partial charge in [-0.25, -0.2) is 4.98 Å². The Morgan fingerprint density at radius 2 is 1.96 bits per heavy atom. The fourth-order valence-corrected chi connectivity index (χ4v) is 3.80. The largest absolute Gasteiger partial charge is 0.573 e. The van der Waals surface area contributed by atoms with Gasteiger partial charge in [-0.05, 0) is 37.1 Å². The Bertz CT molecular complexity index is 1180. The highest BCUT2D eigenvalue weighted by atomic mass is 19.4. The molecule has 1 aliphatic heterocycles. The van der Waals surface area contributed by atoms with Crippen LogP contribution in [-0.2, 0) is 13.0 Å². The molecular formula is C20H15F3N4O. The molecule has 0 N–H and O–H groups in total. The Kier molecular flexibility index (Phi) is 3.68.